The van der Waals surface area contributed by atoms with Gasteiger partial charge in [0.05, 0.1) is 6.10 Å². The second-order valence-corrected chi connectivity index (χ2v) is 8.02. The van der Waals surface area contributed by atoms with Crippen LogP contribution in [0.15, 0.2) is 24.3 Å². The standard InChI is InChI=1S/C21H32N2O3/c22-15-21(12-4-1-5-13-21)14-20(25)23-16-8-10-17(11-9-16)26-19-7-3-2-6-18(19)24/h8-11,18-19,24H,1-7,12-15,22H2,(H,23,25). The maximum atomic E-state index is 12.5. The lowest BCUT2D eigenvalue weighted by Gasteiger charge is -2.35. The van der Waals surface area contributed by atoms with Crippen molar-refractivity contribution >= 4 is 11.6 Å². The number of anilines is 1. The summed E-state index contributed by atoms with van der Waals surface area (Å²) in [6.07, 6.45) is 9.54. The zero-order valence-corrected chi connectivity index (χ0v) is 15.6. The van der Waals surface area contributed by atoms with Crippen molar-refractivity contribution in [3.63, 3.8) is 0 Å². The third kappa shape index (κ3) is 4.98. The molecule has 2 fully saturated rings. The summed E-state index contributed by atoms with van der Waals surface area (Å²) < 4.78 is 5.90. The molecule has 4 N–H and O–H groups in total. The highest BCUT2D eigenvalue weighted by Crippen LogP contribution is 2.38. The predicted molar refractivity (Wildman–Crippen MR) is 103 cm³/mol. The molecule has 1 aromatic carbocycles. The topological polar surface area (TPSA) is 84.6 Å². The molecule has 2 saturated carbocycles. The number of carbonyl (C=O) groups excluding carboxylic acids is 1. The Bertz CT molecular complexity index is 581. The van der Waals surface area contributed by atoms with Gasteiger partial charge in [0, 0.05) is 12.1 Å². The molecule has 2 atom stereocenters. The molecule has 0 heterocycles. The Morgan fingerprint density at radius 2 is 1.81 bits per heavy atom. The van der Waals surface area contributed by atoms with Gasteiger partial charge in [0.1, 0.15) is 11.9 Å². The van der Waals surface area contributed by atoms with Gasteiger partial charge in [-0.3, -0.25) is 4.79 Å². The Morgan fingerprint density at radius 3 is 2.46 bits per heavy atom. The SMILES string of the molecule is NCC1(CC(=O)Nc2ccc(OC3CCCCC3O)cc2)CCCCC1. The number of ether oxygens (including phenoxy) is 1. The maximum absolute atomic E-state index is 12.5. The molecule has 5 nitrogen and oxygen atoms in total. The molecule has 0 bridgehead atoms. The van der Waals surface area contributed by atoms with Gasteiger partial charge in [-0.25, -0.2) is 0 Å². The number of amides is 1. The fourth-order valence-corrected chi connectivity index (χ4v) is 4.31. The van der Waals surface area contributed by atoms with E-state index in [0.29, 0.717) is 13.0 Å². The molecule has 144 valence electrons. The van der Waals surface area contributed by atoms with Crippen LogP contribution in [0.3, 0.4) is 0 Å². The van der Waals surface area contributed by atoms with Crippen molar-refractivity contribution in [1.82, 2.24) is 0 Å². The molecule has 1 aromatic rings. The smallest absolute Gasteiger partial charge is 0.224 e. The van der Waals surface area contributed by atoms with Gasteiger partial charge in [-0.2, -0.15) is 0 Å². The van der Waals surface area contributed by atoms with E-state index in [1.54, 1.807) is 0 Å². The van der Waals surface area contributed by atoms with Crippen molar-refractivity contribution < 1.29 is 14.6 Å². The summed E-state index contributed by atoms with van der Waals surface area (Å²) in [5, 5.41) is 13.0. The normalized spacial score (nSPS) is 25.5. The minimum atomic E-state index is -0.383. The van der Waals surface area contributed by atoms with Crippen LogP contribution >= 0.6 is 0 Å². The third-order valence-corrected chi connectivity index (χ3v) is 5.98. The highest BCUT2D eigenvalue weighted by atomic mass is 16.5. The van der Waals surface area contributed by atoms with Crippen LogP contribution < -0.4 is 15.8 Å². The molecule has 26 heavy (non-hydrogen) atoms. The zero-order chi connectivity index (χ0) is 18.4. The van der Waals surface area contributed by atoms with Crippen LogP contribution in [0, 0.1) is 5.41 Å². The number of hydrogen-bond acceptors (Lipinski definition) is 4. The molecule has 0 saturated heterocycles. The van der Waals surface area contributed by atoms with Gasteiger partial charge in [-0.15, -0.1) is 0 Å². The second-order valence-electron chi connectivity index (χ2n) is 8.02. The van der Waals surface area contributed by atoms with Gasteiger partial charge in [-0.1, -0.05) is 25.7 Å². The lowest BCUT2D eigenvalue weighted by Crippen LogP contribution is -2.36. The van der Waals surface area contributed by atoms with E-state index in [1.165, 1.54) is 19.3 Å². The number of hydrogen-bond donors (Lipinski definition) is 3. The predicted octanol–water partition coefficient (Wildman–Crippen LogP) is 3.61. The largest absolute Gasteiger partial charge is 0.488 e. The summed E-state index contributed by atoms with van der Waals surface area (Å²) in [6, 6.07) is 7.43. The molecule has 0 aliphatic heterocycles. The van der Waals surface area contributed by atoms with Crippen LogP contribution in [0.1, 0.15) is 64.2 Å². The number of benzene rings is 1. The Labute approximate surface area is 156 Å². The number of nitrogens with one attached hydrogen (secondary N) is 1. The van der Waals surface area contributed by atoms with Crippen molar-refractivity contribution in [2.75, 3.05) is 11.9 Å². The number of nitrogens with two attached hydrogens (primary N) is 1. The van der Waals surface area contributed by atoms with Crippen LogP contribution in [0.25, 0.3) is 0 Å². The van der Waals surface area contributed by atoms with Gasteiger partial charge < -0.3 is 20.9 Å². The van der Waals surface area contributed by atoms with Gasteiger partial charge in [0.25, 0.3) is 0 Å². The molecule has 3 rings (SSSR count). The minimum absolute atomic E-state index is 0.0253. The van der Waals surface area contributed by atoms with E-state index in [0.717, 1.165) is 50.0 Å². The average Bonchev–Trinajstić information content (AvgIpc) is 2.66. The summed E-state index contributed by atoms with van der Waals surface area (Å²) in [5.41, 5.74) is 6.73. The number of aliphatic hydroxyl groups is 1. The lowest BCUT2D eigenvalue weighted by atomic mass is 9.71. The molecular formula is C21H32N2O3. The van der Waals surface area contributed by atoms with Crippen LogP contribution in [0.2, 0.25) is 0 Å². The van der Waals surface area contributed by atoms with Crippen LogP contribution in [0.4, 0.5) is 5.69 Å². The molecule has 0 spiro atoms. The minimum Gasteiger partial charge on any atom is -0.488 e. The van der Waals surface area contributed by atoms with Crippen LogP contribution in [-0.4, -0.2) is 29.8 Å². The second kappa shape index (κ2) is 8.87. The highest BCUT2D eigenvalue weighted by Gasteiger charge is 2.33. The van der Waals surface area contributed by atoms with Gasteiger partial charge in [0.15, 0.2) is 0 Å². The molecular weight excluding hydrogens is 328 g/mol. The fraction of sp³-hybridized carbons (Fsp3) is 0.667. The van der Waals surface area contributed by atoms with Crippen molar-refractivity contribution in [1.29, 1.82) is 0 Å². The summed E-state index contributed by atoms with van der Waals surface area (Å²) in [4.78, 5) is 12.5. The first-order valence-electron chi connectivity index (χ1n) is 10.0. The lowest BCUT2D eigenvalue weighted by molar-refractivity contribution is -0.118. The first-order chi connectivity index (χ1) is 12.6. The van der Waals surface area contributed by atoms with E-state index >= 15 is 0 Å². The molecule has 0 aromatic heterocycles. The Balaban J connectivity index is 1.52. The van der Waals surface area contributed by atoms with Crippen molar-refractivity contribution in [2.24, 2.45) is 11.1 Å². The molecule has 2 aliphatic carbocycles. The Hall–Kier alpha value is -1.59. The first-order valence-corrected chi connectivity index (χ1v) is 10.0. The van der Waals surface area contributed by atoms with E-state index in [9.17, 15) is 9.90 Å². The van der Waals surface area contributed by atoms with Gasteiger partial charge in [-0.05, 0) is 68.3 Å². The number of rotatable bonds is 6. The molecule has 0 radical (unpaired) electrons. The summed E-state index contributed by atoms with van der Waals surface area (Å²) >= 11 is 0. The molecule has 1 amide bonds. The van der Waals surface area contributed by atoms with Crippen molar-refractivity contribution in [2.45, 2.75) is 76.4 Å². The van der Waals surface area contributed by atoms with Gasteiger partial charge in [0.2, 0.25) is 5.91 Å². The third-order valence-electron chi connectivity index (χ3n) is 5.98. The maximum Gasteiger partial charge on any atom is 0.224 e. The summed E-state index contributed by atoms with van der Waals surface area (Å²) in [6.45, 7) is 0.580. The molecule has 2 aliphatic rings. The van der Waals surface area contributed by atoms with Crippen LogP contribution in [-0.2, 0) is 4.79 Å². The summed E-state index contributed by atoms with van der Waals surface area (Å²) in [5.74, 6) is 0.772. The van der Waals surface area contributed by atoms with E-state index in [2.05, 4.69) is 5.32 Å². The first kappa shape index (κ1) is 19.2. The van der Waals surface area contributed by atoms with Crippen molar-refractivity contribution in [3.8, 4) is 5.75 Å². The Morgan fingerprint density at radius 1 is 1.12 bits per heavy atom. The Kier molecular flexibility index (Phi) is 6.54. The molecule has 5 heteroatoms. The van der Waals surface area contributed by atoms with Crippen LogP contribution in [0.5, 0.6) is 5.75 Å². The summed E-state index contributed by atoms with van der Waals surface area (Å²) in [7, 11) is 0. The quantitative estimate of drug-likeness (QED) is 0.723. The van der Waals surface area contributed by atoms with E-state index < -0.39 is 0 Å². The van der Waals surface area contributed by atoms with Crippen molar-refractivity contribution in [3.05, 3.63) is 24.3 Å². The zero-order valence-electron chi connectivity index (χ0n) is 15.6. The fourth-order valence-electron chi connectivity index (χ4n) is 4.31. The average molecular weight is 360 g/mol. The number of carbonyl (C=O) groups is 1. The number of aliphatic hydroxyl groups excluding tert-OH is 1. The van der Waals surface area contributed by atoms with Gasteiger partial charge >= 0.3 is 0 Å². The van der Waals surface area contributed by atoms with E-state index in [-0.39, 0.29) is 23.5 Å². The monoisotopic (exact) mass is 360 g/mol. The highest BCUT2D eigenvalue weighted by molar-refractivity contribution is 5.91. The van der Waals surface area contributed by atoms with E-state index in [4.69, 9.17) is 10.5 Å². The molecule has 2 unspecified atom stereocenters. The van der Waals surface area contributed by atoms with E-state index in [1.807, 2.05) is 24.3 Å².